The quantitative estimate of drug-likeness (QED) is 0.374. The number of aromatic amines is 1. The van der Waals surface area contributed by atoms with Crippen molar-refractivity contribution in [3.63, 3.8) is 0 Å². The number of rotatable bonds is 7. The molecule has 0 saturated heterocycles. The van der Waals surface area contributed by atoms with E-state index in [1.54, 1.807) is 30.7 Å². The average molecular weight is 384 g/mol. The zero-order valence-electron chi connectivity index (χ0n) is 15.7. The lowest BCUT2D eigenvalue weighted by Gasteiger charge is -2.07. The van der Waals surface area contributed by atoms with E-state index in [0.29, 0.717) is 12.2 Å². The standard InChI is InChI=1S/C23H20N4O2/c28-23(19-9-10-21-22(14-19)25-16-24-21)27-26-15-18-7-4-8-20(13-18)29-12-11-17-5-2-1-3-6-17/h1-10,13-16H,11-12H2,(H,24,25)(H,27,28)/b26-15+. The van der Waals surface area contributed by atoms with Gasteiger partial charge in [-0.3, -0.25) is 4.79 Å². The van der Waals surface area contributed by atoms with Gasteiger partial charge in [0.1, 0.15) is 5.75 Å². The minimum Gasteiger partial charge on any atom is -0.493 e. The first kappa shape index (κ1) is 18.4. The van der Waals surface area contributed by atoms with E-state index < -0.39 is 0 Å². The van der Waals surface area contributed by atoms with E-state index in [1.807, 2.05) is 42.5 Å². The molecule has 0 saturated carbocycles. The Balaban J connectivity index is 1.32. The van der Waals surface area contributed by atoms with Crippen LogP contribution in [0.2, 0.25) is 0 Å². The van der Waals surface area contributed by atoms with Crippen LogP contribution in [0.1, 0.15) is 21.5 Å². The van der Waals surface area contributed by atoms with Crippen molar-refractivity contribution in [1.29, 1.82) is 0 Å². The summed E-state index contributed by atoms with van der Waals surface area (Å²) in [5.74, 6) is 0.480. The Labute approximate surface area is 168 Å². The van der Waals surface area contributed by atoms with Crippen LogP contribution >= 0.6 is 0 Å². The second-order valence-corrected chi connectivity index (χ2v) is 6.49. The Morgan fingerprint density at radius 2 is 1.97 bits per heavy atom. The molecule has 1 amide bonds. The zero-order valence-corrected chi connectivity index (χ0v) is 15.7. The molecular weight excluding hydrogens is 364 g/mol. The highest BCUT2D eigenvalue weighted by Gasteiger charge is 2.06. The van der Waals surface area contributed by atoms with Crippen molar-refractivity contribution in [2.24, 2.45) is 5.10 Å². The molecule has 0 aliphatic carbocycles. The minimum atomic E-state index is -0.284. The number of fused-ring (bicyclic) bond motifs is 1. The third-order valence-corrected chi connectivity index (χ3v) is 4.42. The van der Waals surface area contributed by atoms with E-state index in [-0.39, 0.29) is 5.91 Å². The van der Waals surface area contributed by atoms with Gasteiger partial charge in [-0.1, -0.05) is 42.5 Å². The molecule has 3 aromatic carbocycles. The van der Waals surface area contributed by atoms with Crippen LogP contribution in [0.3, 0.4) is 0 Å². The number of benzene rings is 3. The molecule has 144 valence electrons. The second kappa shape index (κ2) is 8.84. The van der Waals surface area contributed by atoms with Crippen molar-refractivity contribution in [1.82, 2.24) is 15.4 Å². The Bertz CT molecular complexity index is 1140. The number of H-pyrrole nitrogens is 1. The largest absolute Gasteiger partial charge is 0.493 e. The van der Waals surface area contributed by atoms with Crippen LogP contribution in [0.15, 0.2) is 84.2 Å². The highest BCUT2D eigenvalue weighted by Crippen LogP contribution is 2.13. The summed E-state index contributed by atoms with van der Waals surface area (Å²) in [7, 11) is 0. The molecule has 0 atom stereocenters. The minimum absolute atomic E-state index is 0.284. The predicted molar refractivity (Wildman–Crippen MR) is 113 cm³/mol. The maximum absolute atomic E-state index is 12.3. The van der Waals surface area contributed by atoms with Gasteiger partial charge in [0.15, 0.2) is 0 Å². The Kier molecular flexibility index (Phi) is 5.62. The molecule has 0 aliphatic heterocycles. The molecule has 0 unspecified atom stereocenters. The number of carbonyl (C=O) groups excluding carboxylic acids is 1. The van der Waals surface area contributed by atoms with Gasteiger partial charge in [0.2, 0.25) is 0 Å². The normalized spacial score (nSPS) is 11.0. The fourth-order valence-corrected chi connectivity index (χ4v) is 2.92. The van der Waals surface area contributed by atoms with Crippen LogP contribution in [0.4, 0.5) is 0 Å². The van der Waals surface area contributed by atoms with E-state index in [1.165, 1.54) is 5.56 Å². The molecule has 0 bridgehead atoms. The molecule has 0 fully saturated rings. The van der Waals surface area contributed by atoms with Crippen LogP contribution in [0.5, 0.6) is 5.75 Å². The van der Waals surface area contributed by atoms with Crippen LogP contribution in [0.25, 0.3) is 11.0 Å². The number of hydrogen-bond acceptors (Lipinski definition) is 4. The summed E-state index contributed by atoms with van der Waals surface area (Å²) in [6.07, 6.45) is 4.03. The van der Waals surface area contributed by atoms with E-state index in [4.69, 9.17) is 4.74 Å². The highest BCUT2D eigenvalue weighted by molar-refractivity contribution is 5.97. The first-order chi connectivity index (χ1) is 14.3. The number of hydrogen-bond donors (Lipinski definition) is 2. The summed E-state index contributed by atoms with van der Waals surface area (Å²) >= 11 is 0. The van der Waals surface area contributed by atoms with Crippen molar-refractivity contribution >= 4 is 23.2 Å². The lowest BCUT2D eigenvalue weighted by atomic mass is 10.2. The summed E-state index contributed by atoms with van der Waals surface area (Å²) in [4.78, 5) is 19.4. The molecule has 1 aromatic heterocycles. The molecule has 4 aromatic rings. The number of nitrogens with zero attached hydrogens (tertiary/aromatic N) is 2. The van der Waals surface area contributed by atoms with Crippen molar-refractivity contribution in [3.8, 4) is 5.75 Å². The predicted octanol–water partition coefficient (Wildman–Crippen LogP) is 3.95. The number of nitrogens with one attached hydrogen (secondary N) is 2. The van der Waals surface area contributed by atoms with E-state index in [2.05, 4.69) is 32.6 Å². The lowest BCUT2D eigenvalue weighted by Crippen LogP contribution is -2.17. The van der Waals surface area contributed by atoms with Crippen molar-refractivity contribution in [2.75, 3.05) is 6.61 Å². The summed E-state index contributed by atoms with van der Waals surface area (Å²) < 4.78 is 5.82. The number of carbonyl (C=O) groups is 1. The van der Waals surface area contributed by atoms with Crippen LogP contribution in [-0.2, 0) is 6.42 Å². The number of imidazole rings is 1. The highest BCUT2D eigenvalue weighted by atomic mass is 16.5. The SMILES string of the molecule is O=C(N/N=C/c1cccc(OCCc2ccccc2)c1)c1ccc2nc[nH]c2c1. The summed E-state index contributed by atoms with van der Waals surface area (Å²) in [6.45, 7) is 0.595. The van der Waals surface area contributed by atoms with E-state index >= 15 is 0 Å². The second-order valence-electron chi connectivity index (χ2n) is 6.49. The molecule has 6 nitrogen and oxygen atoms in total. The van der Waals surface area contributed by atoms with Gasteiger partial charge in [-0.15, -0.1) is 0 Å². The lowest BCUT2D eigenvalue weighted by molar-refractivity contribution is 0.0955. The maximum Gasteiger partial charge on any atom is 0.271 e. The van der Waals surface area contributed by atoms with Gasteiger partial charge in [-0.2, -0.15) is 5.10 Å². The van der Waals surface area contributed by atoms with Gasteiger partial charge in [-0.05, 0) is 41.5 Å². The van der Waals surface area contributed by atoms with E-state index in [0.717, 1.165) is 28.8 Å². The Morgan fingerprint density at radius 3 is 2.86 bits per heavy atom. The van der Waals surface area contributed by atoms with Gasteiger partial charge < -0.3 is 9.72 Å². The summed E-state index contributed by atoms with van der Waals surface area (Å²) in [6, 6.07) is 23.0. The molecule has 4 rings (SSSR count). The number of hydrazone groups is 1. The molecular formula is C23H20N4O2. The third-order valence-electron chi connectivity index (χ3n) is 4.42. The molecule has 2 N–H and O–H groups in total. The number of amides is 1. The topological polar surface area (TPSA) is 79.4 Å². The van der Waals surface area contributed by atoms with Crippen LogP contribution < -0.4 is 10.2 Å². The zero-order chi connectivity index (χ0) is 19.9. The average Bonchev–Trinajstić information content (AvgIpc) is 3.23. The van der Waals surface area contributed by atoms with Gasteiger partial charge in [0, 0.05) is 12.0 Å². The maximum atomic E-state index is 12.3. The first-order valence-corrected chi connectivity index (χ1v) is 9.31. The Hall–Kier alpha value is -3.93. The van der Waals surface area contributed by atoms with Crippen molar-refractivity contribution < 1.29 is 9.53 Å². The molecule has 29 heavy (non-hydrogen) atoms. The summed E-state index contributed by atoms with van der Waals surface area (Å²) in [5.41, 5.74) is 6.75. The third kappa shape index (κ3) is 4.87. The monoisotopic (exact) mass is 384 g/mol. The molecule has 0 aliphatic rings. The number of ether oxygens (including phenoxy) is 1. The fraction of sp³-hybridized carbons (Fsp3) is 0.0870. The van der Waals surface area contributed by atoms with Crippen LogP contribution in [0, 0.1) is 0 Å². The fourth-order valence-electron chi connectivity index (χ4n) is 2.92. The molecule has 0 radical (unpaired) electrons. The van der Waals surface area contributed by atoms with Gasteiger partial charge >= 0.3 is 0 Å². The Morgan fingerprint density at radius 1 is 1.07 bits per heavy atom. The van der Waals surface area contributed by atoms with Crippen molar-refractivity contribution in [2.45, 2.75) is 6.42 Å². The van der Waals surface area contributed by atoms with Gasteiger partial charge in [-0.25, -0.2) is 10.4 Å². The summed E-state index contributed by atoms with van der Waals surface area (Å²) in [5, 5.41) is 4.05. The molecule has 0 spiro atoms. The smallest absolute Gasteiger partial charge is 0.271 e. The first-order valence-electron chi connectivity index (χ1n) is 9.31. The van der Waals surface area contributed by atoms with Gasteiger partial charge in [0.25, 0.3) is 5.91 Å². The van der Waals surface area contributed by atoms with Crippen molar-refractivity contribution in [3.05, 3.63) is 95.8 Å². The number of aromatic nitrogens is 2. The van der Waals surface area contributed by atoms with Crippen LogP contribution in [-0.4, -0.2) is 28.7 Å². The molecule has 1 heterocycles. The molecule has 6 heteroatoms. The van der Waals surface area contributed by atoms with E-state index in [9.17, 15) is 4.79 Å². The van der Waals surface area contributed by atoms with Gasteiger partial charge in [0.05, 0.1) is 30.2 Å².